The lowest BCUT2D eigenvalue weighted by atomic mass is 9.88. The van der Waals surface area contributed by atoms with Crippen molar-refractivity contribution in [2.75, 3.05) is 6.61 Å². The maximum Gasteiger partial charge on any atom is 0.191 e. The van der Waals surface area contributed by atoms with Crippen molar-refractivity contribution in [2.24, 2.45) is 11.8 Å². The minimum absolute atomic E-state index is 0.230. The second kappa shape index (κ2) is 6.36. The lowest BCUT2D eigenvalue weighted by Gasteiger charge is -2.36. The molecule has 0 heterocycles. The third-order valence-corrected chi connectivity index (χ3v) is 9.34. The fourth-order valence-electron chi connectivity index (χ4n) is 2.23. The van der Waals surface area contributed by atoms with Crippen molar-refractivity contribution in [3.05, 3.63) is 12.2 Å². The van der Waals surface area contributed by atoms with Crippen LogP contribution in [0.4, 0.5) is 0 Å². The highest BCUT2D eigenvalue weighted by molar-refractivity contribution is 6.74. The summed E-state index contributed by atoms with van der Waals surface area (Å²) >= 11 is 0. The number of carbonyl (C=O) groups is 1. The number of ketones is 1. The topological polar surface area (TPSA) is 26.3 Å². The van der Waals surface area contributed by atoms with E-state index in [4.69, 9.17) is 4.43 Å². The van der Waals surface area contributed by atoms with E-state index < -0.39 is 8.32 Å². The van der Waals surface area contributed by atoms with Crippen molar-refractivity contribution >= 4 is 14.1 Å². The fourth-order valence-corrected chi connectivity index (χ4v) is 3.32. The Morgan fingerprint density at radius 1 is 1.42 bits per heavy atom. The van der Waals surface area contributed by atoms with Gasteiger partial charge in [0.05, 0.1) is 0 Å². The standard InChI is InChI=1S/C16H30O2Si/c1-13(14-10-7-11-15(14)17)9-8-12-18-19(5,6)16(2,3)4/h7,11,13-14H,8-10,12H2,1-6H3. The Hall–Kier alpha value is -0.413. The third-order valence-electron chi connectivity index (χ3n) is 4.80. The van der Waals surface area contributed by atoms with Gasteiger partial charge in [0.15, 0.2) is 14.1 Å². The number of rotatable bonds is 6. The second-order valence-electron chi connectivity index (χ2n) is 7.38. The molecule has 0 aromatic heterocycles. The van der Waals surface area contributed by atoms with Gasteiger partial charge in [-0.25, -0.2) is 0 Å². The summed E-state index contributed by atoms with van der Waals surface area (Å²) in [6, 6.07) is 0. The number of hydrogen-bond donors (Lipinski definition) is 0. The Kier molecular flexibility index (Phi) is 5.57. The molecular weight excluding hydrogens is 252 g/mol. The monoisotopic (exact) mass is 282 g/mol. The number of carbonyl (C=O) groups excluding carboxylic acids is 1. The molecule has 1 aliphatic carbocycles. The zero-order valence-corrected chi connectivity index (χ0v) is 14.5. The van der Waals surface area contributed by atoms with Gasteiger partial charge in [0.25, 0.3) is 0 Å². The van der Waals surface area contributed by atoms with E-state index in [2.05, 4.69) is 40.8 Å². The molecule has 0 aliphatic heterocycles. The lowest BCUT2D eigenvalue weighted by molar-refractivity contribution is -0.118. The molecule has 0 amide bonds. The molecule has 0 N–H and O–H groups in total. The molecule has 0 fully saturated rings. The van der Waals surface area contributed by atoms with Crippen LogP contribution in [-0.2, 0) is 9.22 Å². The molecule has 0 bridgehead atoms. The first-order chi connectivity index (χ1) is 8.65. The average molecular weight is 282 g/mol. The van der Waals surface area contributed by atoms with Crippen molar-refractivity contribution in [3.63, 3.8) is 0 Å². The zero-order chi connectivity index (χ0) is 14.7. The van der Waals surface area contributed by atoms with Gasteiger partial charge >= 0.3 is 0 Å². The highest BCUT2D eigenvalue weighted by Gasteiger charge is 2.36. The Bertz CT molecular complexity index is 339. The van der Waals surface area contributed by atoms with E-state index in [1.807, 2.05) is 6.08 Å². The summed E-state index contributed by atoms with van der Waals surface area (Å²) in [5, 5.41) is 0.282. The van der Waals surface area contributed by atoms with E-state index in [1.54, 1.807) is 6.08 Å². The maximum atomic E-state index is 11.6. The molecule has 0 aromatic carbocycles. The van der Waals surface area contributed by atoms with Gasteiger partial charge in [-0.2, -0.15) is 0 Å². The smallest absolute Gasteiger partial charge is 0.191 e. The zero-order valence-electron chi connectivity index (χ0n) is 13.5. The summed E-state index contributed by atoms with van der Waals surface area (Å²) in [7, 11) is -1.60. The lowest BCUT2D eigenvalue weighted by Crippen LogP contribution is -2.41. The van der Waals surface area contributed by atoms with Crippen LogP contribution in [0.15, 0.2) is 12.2 Å². The van der Waals surface area contributed by atoms with Gasteiger partial charge in [-0.1, -0.05) is 33.8 Å². The average Bonchev–Trinajstić information content (AvgIpc) is 2.69. The molecule has 2 nitrogen and oxygen atoms in total. The molecule has 19 heavy (non-hydrogen) atoms. The van der Waals surface area contributed by atoms with E-state index in [0.29, 0.717) is 11.7 Å². The minimum Gasteiger partial charge on any atom is -0.417 e. The van der Waals surface area contributed by atoms with Gasteiger partial charge in [-0.05, 0) is 49.4 Å². The molecule has 0 saturated heterocycles. The maximum absolute atomic E-state index is 11.6. The van der Waals surface area contributed by atoms with Crippen LogP contribution in [0.1, 0.15) is 47.0 Å². The quantitative estimate of drug-likeness (QED) is 0.527. The first-order valence-electron chi connectivity index (χ1n) is 7.49. The summed E-state index contributed by atoms with van der Waals surface area (Å²) in [6.07, 6.45) is 6.84. The Morgan fingerprint density at radius 3 is 2.53 bits per heavy atom. The molecular formula is C16H30O2Si. The molecule has 0 aromatic rings. The summed E-state index contributed by atoms with van der Waals surface area (Å²) in [6.45, 7) is 14.4. The summed E-state index contributed by atoms with van der Waals surface area (Å²) in [5.41, 5.74) is 0. The molecule has 0 spiro atoms. The van der Waals surface area contributed by atoms with E-state index in [0.717, 1.165) is 25.9 Å². The van der Waals surface area contributed by atoms with E-state index in [-0.39, 0.29) is 11.0 Å². The van der Waals surface area contributed by atoms with Crippen LogP contribution in [0.2, 0.25) is 18.1 Å². The van der Waals surface area contributed by atoms with Crippen LogP contribution in [0.25, 0.3) is 0 Å². The van der Waals surface area contributed by atoms with Gasteiger partial charge < -0.3 is 4.43 Å². The van der Waals surface area contributed by atoms with Crippen molar-refractivity contribution < 1.29 is 9.22 Å². The molecule has 110 valence electrons. The molecule has 1 aliphatic rings. The Labute approximate surface area is 119 Å². The van der Waals surface area contributed by atoms with Crippen molar-refractivity contribution in [2.45, 2.75) is 65.1 Å². The van der Waals surface area contributed by atoms with Crippen molar-refractivity contribution in [1.82, 2.24) is 0 Å². The number of allylic oxidation sites excluding steroid dienone is 2. The first-order valence-corrected chi connectivity index (χ1v) is 10.4. The highest BCUT2D eigenvalue weighted by Crippen LogP contribution is 2.36. The van der Waals surface area contributed by atoms with Gasteiger partial charge in [-0.3, -0.25) is 4.79 Å². The first kappa shape index (κ1) is 16.6. The fraction of sp³-hybridized carbons (Fsp3) is 0.812. The highest BCUT2D eigenvalue weighted by atomic mass is 28.4. The van der Waals surface area contributed by atoms with Crippen LogP contribution in [0, 0.1) is 11.8 Å². The van der Waals surface area contributed by atoms with Gasteiger partial charge in [0, 0.05) is 12.5 Å². The summed E-state index contributed by atoms with van der Waals surface area (Å²) < 4.78 is 6.17. The van der Waals surface area contributed by atoms with Crippen LogP contribution in [0.5, 0.6) is 0 Å². The second-order valence-corrected chi connectivity index (χ2v) is 12.2. The molecule has 1 rings (SSSR count). The molecule has 2 atom stereocenters. The Morgan fingerprint density at radius 2 is 2.05 bits per heavy atom. The predicted molar refractivity (Wildman–Crippen MR) is 83.8 cm³/mol. The summed E-state index contributed by atoms with van der Waals surface area (Å²) in [4.78, 5) is 11.6. The Balaban J connectivity index is 2.26. The van der Waals surface area contributed by atoms with Crippen molar-refractivity contribution in [1.29, 1.82) is 0 Å². The predicted octanol–water partition coefficient (Wildman–Crippen LogP) is 4.57. The van der Waals surface area contributed by atoms with Crippen LogP contribution in [0.3, 0.4) is 0 Å². The van der Waals surface area contributed by atoms with Gasteiger partial charge in [0.1, 0.15) is 0 Å². The van der Waals surface area contributed by atoms with E-state index in [1.165, 1.54) is 0 Å². The van der Waals surface area contributed by atoms with Gasteiger partial charge in [0.2, 0.25) is 0 Å². The minimum atomic E-state index is -1.60. The SMILES string of the molecule is CC(CCCO[Si](C)(C)C(C)(C)C)C1CC=CC1=O. The normalized spacial score (nSPS) is 22.0. The summed E-state index contributed by atoms with van der Waals surface area (Å²) in [5.74, 6) is 1.02. The van der Waals surface area contributed by atoms with Crippen molar-refractivity contribution in [3.8, 4) is 0 Å². The largest absolute Gasteiger partial charge is 0.417 e. The van der Waals surface area contributed by atoms with Crippen LogP contribution >= 0.6 is 0 Å². The van der Waals surface area contributed by atoms with Crippen LogP contribution in [-0.4, -0.2) is 20.7 Å². The van der Waals surface area contributed by atoms with Gasteiger partial charge in [-0.15, -0.1) is 0 Å². The molecule has 3 heteroatoms. The molecule has 0 radical (unpaired) electrons. The number of hydrogen-bond acceptors (Lipinski definition) is 2. The molecule has 0 saturated carbocycles. The third kappa shape index (κ3) is 4.57. The van der Waals surface area contributed by atoms with Crippen LogP contribution < -0.4 is 0 Å². The van der Waals surface area contributed by atoms with E-state index in [9.17, 15) is 4.79 Å². The van der Waals surface area contributed by atoms with E-state index >= 15 is 0 Å². The molecule has 2 unspecified atom stereocenters.